The summed E-state index contributed by atoms with van der Waals surface area (Å²) in [6, 6.07) is 2.26. The quantitative estimate of drug-likeness (QED) is 0.406. The van der Waals surface area contributed by atoms with Crippen LogP contribution >= 0.6 is 0 Å². The number of carbonyl (C=O) groups excluding carboxylic acids is 1. The van der Waals surface area contributed by atoms with Gasteiger partial charge in [-0.1, -0.05) is 70.4 Å². The zero-order chi connectivity index (χ0) is 24.4. The van der Waals surface area contributed by atoms with E-state index in [-0.39, 0.29) is 16.6 Å². The minimum atomic E-state index is -0.466. The first-order valence-corrected chi connectivity index (χ1v) is 13.4. The second-order valence-corrected chi connectivity index (χ2v) is 13.3. The Kier molecular flexibility index (Phi) is 5.91. The van der Waals surface area contributed by atoms with Crippen molar-refractivity contribution in [2.24, 2.45) is 39.4 Å². The summed E-state index contributed by atoms with van der Waals surface area (Å²) in [6.45, 7) is 18.6. The summed E-state index contributed by atoms with van der Waals surface area (Å²) in [5, 5.41) is 9.78. The van der Waals surface area contributed by atoms with Crippen molar-refractivity contribution in [3.63, 3.8) is 0 Å². The van der Waals surface area contributed by atoms with E-state index in [0.29, 0.717) is 16.9 Å². The lowest BCUT2D eigenvalue weighted by Crippen LogP contribution is -2.53. The van der Waals surface area contributed by atoms with Crippen molar-refractivity contribution in [2.75, 3.05) is 0 Å². The van der Waals surface area contributed by atoms with Gasteiger partial charge in [0.2, 0.25) is 0 Å². The summed E-state index contributed by atoms with van der Waals surface area (Å²) in [5.74, 6) is 1.87. The minimum absolute atomic E-state index is 0.0505. The van der Waals surface area contributed by atoms with Gasteiger partial charge in [-0.3, -0.25) is 4.79 Å². The number of rotatable bonds is 4. The highest BCUT2D eigenvalue weighted by Crippen LogP contribution is 2.71. The number of hydrogen-bond donors (Lipinski definition) is 0. The molecule has 0 bridgehead atoms. The maximum atomic E-state index is 13.1. The van der Waals surface area contributed by atoms with E-state index in [2.05, 4.69) is 73.6 Å². The Morgan fingerprint density at radius 2 is 1.82 bits per heavy atom. The molecule has 4 rings (SSSR count). The molecule has 0 saturated heterocycles. The van der Waals surface area contributed by atoms with Crippen molar-refractivity contribution in [1.82, 2.24) is 0 Å². The average molecular weight is 448 g/mol. The maximum Gasteiger partial charge on any atom is 0.178 e. The smallest absolute Gasteiger partial charge is 0.178 e. The number of carbonyl (C=O) groups is 1. The molecule has 0 aliphatic heterocycles. The second kappa shape index (κ2) is 7.96. The summed E-state index contributed by atoms with van der Waals surface area (Å²) >= 11 is 0. The third kappa shape index (κ3) is 3.36. The Bertz CT molecular complexity index is 983. The summed E-state index contributed by atoms with van der Waals surface area (Å²) in [5.41, 5.74) is 5.08. The fraction of sp³-hybridized carbons (Fsp3) is 0.742. The van der Waals surface area contributed by atoms with E-state index in [4.69, 9.17) is 0 Å². The van der Waals surface area contributed by atoms with Gasteiger partial charge in [0.25, 0.3) is 0 Å². The van der Waals surface area contributed by atoms with Crippen molar-refractivity contribution >= 4 is 5.78 Å². The SMILES string of the molecule is CC(C)=CCC[C@@H](C)[C@H]1CC[C@@]2(C)C3=C(CC[C@]12C)[C@@]1(C)C=C(C#N)C(=O)C(C)(C)[C@@H]1CC3. The molecule has 0 aromatic carbocycles. The Balaban J connectivity index is 1.73. The molecule has 0 heterocycles. The molecule has 0 unspecified atom stereocenters. The molecule has 0 spiro atoms. The van der Waals surface area contributed by atoms with E-state index in [0.717, 1.165) is 31.1 Å². The average Bonchev–Trinajstić information content (AvgIpc) is 3.02. The lowest BCUT2D eigenvalue weighted by atomic mass is 9.44. The Hall–Kier alpha value is -1.62. The van der Waals surface area contributed by atoms with Gasteiger partial charge >= 0.3 is 0 Å². The normalized spacial score (nSPS) is 40.2. The number of nitrogens with zero attached hydrogens (tertiary/aromatic N) is 1. The van der Waals surface area contributed by atoms with Crippen LogP contribution in [0.3, 0.4) is 0 Å². The number of Topliss-reactive ketones (excluding diaryl/α,β-unsaturated/α-hetero) is 1. The van der Waals surface area contributed by atoms with Crippen LogP contribution in [0.5, 0.6) is 0 Å². The number of ketones is 1. The van der Waals surface area contributed by atoms with Crippen LogP contribution in [-0.2, 0) is 4.79 Å². The molecule has 0 amide bonds. The summed E-state index contributed by atoms with van der Waals surface area (Å²) < 4.78 is 0. The summed E-state index contributed by atoms with van der Waals surface area (Å²) in [7, 11) is 0. The van der Waals surface area contributed by atoms with Crippen molar-refractivity contribution in [2.45, 2.75) is 107 Å². The van der Waals surface area contributed by atoms with Gasteiger partial charge in [0.05, 0.1) is 5.57 Å². The monoisotopic (exact) mass is 447 g/mol. The van der Waals surface area contributed by atoms with Crippen LogP contribution in [0.4, 0.5) is 0 Å². The lowest BCUT2D eigenvalue weighted by molar-refractivity contribution is -0.129. The number of fused-ring (bicyclic) bond motifs is 4. The highest BCUT2D eigenvalue weighted by molar-refractivity contribution is 6.04. The zero-order valence-corrected chi connectivity index (χ0v) is 22.4. The standard InChI is InChI=1S/C31H45NO/c1-20(2)10-9-11-21(3)23-14-16-31(8)25-12-13-26-28(4,5)27(33)22(19-32)18-29(26,6)24(25)15-17-30(23,31)7/h10,18,21,23,26H,9,11-17H2,1-8H3/t21-,23-,26+,29-,30-,31+/m1/s1. The molecule has 0 aromatic rings. The van der Waals surface area contributed by atoms with Crippen molar-refractivity contribution in [1.29, 1.82) is 5.26 Å². The van der Waals surface area contributed by atoms with E-state index in [1.807, 2.05) is 0 Å². The molecule has 1 fully saturated rings. The first kappa shape index (κ1) is 24.5. The fourth-order valence-corrected chi connectivity index (χ4v) is 9.10. The lowest BCUT2D eigenvalue weighted by Gasteiger charge is -2.59. The third-order valence-corrected chi connectivity index (χ3v) is 11.1. The molecule has 6 atom stereocenters. The van der Waals surface area contributed by atoms with Gasteiger partial charge in [0.1, 0.15) is 6.07 Å². The van der Waals surface area contributed by atoms with Crippen LogP contribution < -0.4 is 0 Å². The van der Waals surface area contributed by atoms with Crippen LogP contribution in [0.2, 0.25) is 0 Å². The Morgan fingerprint density at radius 1 is 1.12 bits per heavy atom. The minimum Gasteiger partial charge on any atom is -0.293 e. The molecule has 180 valence electrons. The van der Waals surface area contributed by atoms with Crippen molar-refractivity contribution in [3.8, 4) is 6.07 Å². The van der Waals surface area contributed by atoms with Crippen LogP contribution in [0.25, 0.3) is 0 Å². The van der Waals surface area contributed by atoms with Gasteiger partial charge in [-0.15, -0.1) is 0 Å². The van der Waals surface area contributed by atoms with Crippen molar-refractivity contribution in [3.05, 3.63) is 34.4 Å². The highest BCUT2D eigenvalue weighted by Gasteiger charge is 2.63. The van der Waals surface area contributed by atoms with Gasteiger partial charge in [0, 0.05) is 10.8 Å². The maximum absolute atomic E-state index is 13.1. The van der Waals surface area contributed by atoms with Gasteiger partial charge in [-0.25, -0.2) is 0 Å². The molecule has 4 aliphatic carbocycles. The first-order valence-electron chi connectivity index (χ1n) is 13.4. The molecular weight excluding hydrogens is 402 g/mol. The van der Waals surface area contributed by atoms with Gasteiger partial charge in [-0.2, -0.15) is 5.26 Å². The Morgan fingerprint density at radius 3 is 2.45 bits per heavy atom. The molecule has 33 heavy (non-hydrogen) atoms. The Labute approximate surface area is 202 Å². The third-order valence-electron chi connectivity index (χ3n) is 11.1. The van der Waals surface area contributed by atoms with Crippen LogP contribution in [0.15, 0.2) is 34.4 Å². The molecule has 2 heteroatoms. The van der Waals surface area contributed by atoms with Crippen LogP contribution in [0.1, 0.15) is 107 Å². The van der Waals surface area contributed by atoms with E-state index in [1.54, 1.807) is 11.1 Å². The summed E-state index contributed by atoms with van der Waals surface area (Å²) in [4.78, 5) is 13.1. The molecule has 0 aromatic heterocycles. The zero-order valence-electron chi connectivity index (χ0n) is 22.4. The predicted octanol–water partition coefficient (Wildman–Crippen LogP) is 8.36. The van der Waals surface area contributed by atoms with Gasteiger partial charge in [-0.05, 0) is 93.8 Å². The predicted molar refractivity (Wildman–Crippen MR) is 136 cm³/mol. The van der Waals surface area contributed by atoms with Crippen molar-refractivity contribution < 1.29 is 4.79 Å². The molecule has 2 nitrogen and oxygen atoms in total. The highest BCUT2D eigenvalue weighted by atomic mass is 16.1. The molecule has 0 radical (unpaired) electrons. The summed E-state index contributed by atoms with van der Waals surface area (Å²) in [6.07, 6.45) is 14.2. The molecule has 1 saturated carbocycles. The molecular formula is C31H45NO. The number of nitriles is 1. The van der Waals surface area contributed by atoms with Gasteiger partial charge < -0.3 is 0 Å². The van der Waals surface area contributed by atoms with E-state index in [9.17, 15) is 10.1 Å². The fourth-order valence-electron chi connectivity index (χ4n) is 9.10. The molecule has 4 aliphatic rings. The van der Waals surface area contributed by atoms with Crippen LogP contribution in [-0.4, -0.2) is 5.78 Å². The number of hydrogen-bond acceptors (Lipinski definition) is 2. The number of allylic oxidation sites excluding steroid dienone is 6. The topological polar surface area (TPSA) is 40.9 Å². The molecule has 0 N–H and O–H groups in total. The van der Waals surface area contributed by atoms with Crippen LogP contribution in [0, 0.1) is 50.7 Å². The van der Waals surface area contributed by atoms with E-state index in [1.165, 1.54) is 37.7 Å². The van der Waals surface area contributed by atoms with E-state index >= 15 is 0 Å². The second-order valence-electron chi connectivity index (χ2n) is 13.3. The van der Waals surface area contributed by atoms with E-state index < -0.39 is 5.41 Å². The first-order chi connectivity index (χ1) is 15.3. The van der Waals surface area contributed by atoms with Gasteiger partial charge in [0.15, 0.2) is 5.78 Å². The largest absolute Gasteiger partial charge is 0.293 e.